The molecular weight excluding hydrogens is 368 g/mol. The van der Waals surface area contributed by atoms with Crippen molar-refractivity contribution in [3.05, 3.63) is 0 Å². The molecule has 0 aromatic rings. The molecule has 8 nitrogen and oxygen atoms in total. The molecule has 8 heteroatoms. The van der Waals surface area contributed by atoms with Crippen LogP contribution in [0.2, 0.25) is 0 Å². The van der Waals surface area contributed by atoms with Crippen molar-refractivity contribution >= 4 is 23.7 Å². The van der Waals surface area contributed by atoms with E-state index >= 15 is 0 Å². The summed E-state index contributed by atoms with van der Waals surface area (Å²) < 4.78 is 14.7. The smallest absolute Gasteiger partial charge is 0.340 e. The van der Waals surface area contributed by atoms with Crippen LogP contribution in [-0.2, 0) is 33.4 Å². The molecule has 0 heterocycles. The van der Waals surface area contributed by atoms with Gasteiger partial charge in [-0.2, -0.15) is 0 Å². The molecule has 0 aliphatic heterocycles. The van der Waals surface area contributed by atoms with E-state index in [1.807, 2.05) is 0 Å². The van der Waals surface area contributed by atoms with Gasteiger partial charge in [0, 0.05) is 0 Å². The molecule has 28 heavy (non-hydrogen) atoms. The summed E-state index contributed by atoms with van der Waals surface area (Å²) in [5.41, 5.74) is -2.67. The highest BCUT2D eigenvalue weighted by atomic mass is 16.6. The molecule has 0 radical (unpaired) electrons. The number of carbonyl (C=O) groups excluding carboxylic acids is 4. The normalized spacial score (nSPS) is 13.9. The number of esters is 3. The predicted octanol–water partition coefficient (Wildman–Crippen LogP) is 2.34. The van der Waals surface area contributed by atoms with Gasteiger partial charge in [0.1, 0.15) is 5.78 Å². The second-order valence-corrected chi connectivity index (χ2v) is 6.61. The molecule has 0 aromatic heterocycles. The first-order chi connectivity index (χ1) is 13.2. The quantitative estimate of drug-likeness (QED) is 0.192. The Labute approximate surface area is 166 Å². The Morgan fingerprint density at radius 1 is 0.857 bits per heavy atom. The van der Waals surface area contributed by atoms with Gasteiger partial charge in [0.05, 0.1) is 26.2 Å². The van der Waals surface area contributed by atoms with Crippen molar-refractivity contribution in [1.82, 2.24) is 0 Å². The zero-order valence-electron chi connectivity index (χ0n) is 17.5. The first kappa shape index (κ1) is 26.0. The monoisotopic (exact) mass is 402 g/mol. The van der Waals surface area contributed by atoms with Gasteiger partial charge in [0.2, 0.25) is 0 Å². The standard InChI is InChI=1S/C20H34O8/c1-5-8-9-10-11-12-13-28-16(22)14-20(25,19(24)27-7-3)17(15(4)21)18(23)26-6-2/h17,25H,5-14H2,1-4H3. The van der Waals surface area contributed by atoms with Gasteiger partial charge in [-0.3, -0.25) is 14.4 Å². The van der Waals surface area contributed by atoms with Crippen molar-refractivity contribution in [2.75, 3.05) is 19.8 Å². The summed E-state index contributed by atoms with van der Waals surface area (Å²) >= 11 is 0. The van der Waals surface area contributed by atoms with Crippen molar-refractivity contribution in [2.45, 2.75) is 78.2 Å². The van der Waals surface area contributed by atoms with Crippen molar-refractivity contribution < 1.29 is 38.5 Å². The average Bonchev–Trinajstić information content (AvgIpc) is 2.61. The summed E-state index contributed by atoms with van der Waals surface area (Å²) in [6.45, 7) is 6.17. The summed E-state index contributed by atoms with van der Waals surface area (Å²) in [4.78, 5) is 48.6. The first-order valence-electron chi connectivity index (χ1n) is 9.96. The fraction of sp³-hybridized carbons (Fsp3) is 0.800. The highest BCUT2D eigenvalue weighted by Gasteiger charge is 2.54. The van der Waals surface area contributed by atoms with Crippen LogP contribution in [0.25, 0.3) is 0 Å². The Hall–Kier alpha value is -1.96. The van der Waals surface area contributed by atoms with E-state index in [1.165, 1.54) is 13.8 Å². The van der Waals surface area contributed by atoms with Crippen LogP contribution < -0.4 is 0 Å². The number of rotatable bonds is 15. The molecule has 0 aromatic carbocycles. The minimum Gasteiger partial charge on any atom is -0.466 e. The number of Topliss-reactive ketones (excluding diaryl/α,β-unsaturated/α-hetero) is 1. The van der Waals surface area contributed by atoms with Gasteiger partial charge < -0.3 is 19.3 Å². The van der Waals surface area contributed by atoms with E-state index in [2.05, 4.69) is 6.92 Å². The van der Waals surface area contributed by atoms with Crippen LogP contribution in [0.3, 0.4) is 0 Å². The van der Waals surface area contributed by atoms with E-state index in [1.54, 1.807) is 0 Å². The molecule has 0 amide bonds. The van der Waals surface area contributed by atoms with Crippen molar-refractivity contribution in [3.63, 3.8) is 0 Å². The number of aliphatic hydroxyl groups is 1. The number of unbranched alkanes of at least 4 members (excludes halogenated alkanes) is 5. The minimum absolute atomic E-state index is 0.0516. The first-order valence-corrected chi connectivity index (χ1v) is 9.96. The molecule has 0 saturated heterocycles. The van der Waals surface area contributed by atoms with Crippen LogP contribution in [-0.4, -0.2) is 54.2 Å². The minimum atomic E-state index is -2.67. The molecule has 1 N–H and O–H groups in total. The zero-order chi connectivity index (χ0) is 21.6. The maximum atomic E-state index is 12.3. The third kappa shape index (κ3) is 8.82. The molecule has 2 unspecified atom stereocenters. The lowest BCUT2D eigenvalue weighted by Crippen LogP contribution is -2.54. The molecular formula is C20H34O8. The largest absolute Gasteiger partial charge is 0.466 e. The van der Waals surface area contributed by atoms with Gasteiger partial charge in [0.25, 0.3) is 0 Å². The van der Waals surface area contributed by atoms with Crippen LogP contribution in [0.1, 0.15) is 72.6 Å². The fourth-order valence-electron chi connectivity index (χ4n) is 2.81. The third-order valence-electron chi connectivity index (χ3n) is 4.21. The molecule has 0 aliphatic rings. The van der Waals surface area contributed by atoms with Crippen LogP contribution in [0, 0.1) is 5.92 Å². The molecule has 0 saturated carbocycles. The lowest BCUT2D eigenvalue weighted by molar-refractivity contribution is -0.187. The van der Waals surface area contributed by atoms with Crippen molar-refractivity contribution in [1.29, 1.82) is 0 Å². The summed E-state index contributed by atoms with van der Waals surface area (Å²) in [5, 5.41) is 10.8. The molecule has 162 valence electrons. The SMILES string of the molecule is CCCCCCCCOC(=O)CC(O)(C(=O)OCC)C(C(C)=O)C(=O)OCC. The van der Waals surface area contributed by atoms with Crippen molar-refractivity contribution in [2.24, 2.45) is 5.92 Å². The summed E-state index contributed by atoms with van der Waals surface area (Å²) in [5.74, 6) is -5.89. The molecule has 0 bridgehead atoms. The second-order valence-electron chi connectivity index (χ2n) is 6.61. The van der Waals surface area contributed by atoms with E-state index in [-0.39, 0.29) is 19.8 Å². The van der Waals surface area contributed by atoms with Crippen LogP contribution in [0.15, 0.2) is 0 Å². The van der Waals surface area contributed by atoms with Gasteiger partial charge in [-0.15, -0.1) is 0 Å². The highest BCUT2D eigenvalue weighted by molar-refractivity contribution is 6.05. The average molecular weight is 402 g/mol. The lowest BCUT2D eigenvalue weighted by Gasteiger charge is -2.30. The summed E-state index contributed by atoms with van der Waals surface area (Å²) in [7, 11) is 0. The number of carbonyl (C=O) groups is 4. The van der Waals surface area contributed by atoms with Crippen LogP contribution >= 0.6 is 0 Å². The van der Waals surface area contributed by atoms with Crippen LogP contribution in [0.4, 0.5) is 0 Å². The third-order valence-corrected chi connectivity index (χ3v) is 4.21. The van der Waals surface area contributed by atoms with Gasteiger partial charge in [-0.05, 0) is 27.2 Å². The molecule has 0 aliphatic carbocycles. The molecule has 0 rings (SSSR count). The van der Waals surface area contributed by atoms with E-state index in [4.69, 9.17) is 14.2 Å². The maximum absolute atomic E-state index is 12.3. The van der Waals surface area contributed by atoms with Crippen molar-refractivity contribution in [3.8, 4) is 0 Å². The Bertz CT molecular complexity index is 516. The Kier molecular flexibility index (Phi) is 13.1. The van der Waals surface area contributed by atoms with E-state index in [0.717, 1.165) is 39.0 Å². The maximum Gasteiger partial charge on any atom is 0.340 e. The summed E-state index contributed by atoms with van der Waals surface area (Å²) in [6.07, 6.45) is 5.13. The topological polar surface area (TPSA) is 116 Å². The fourth-order valence-corrected chi connectivity index (χ4v) is 2.81. The Morgan fingerprint density at radius 3 is 1.96 bits per heavy atom. The van der Waals surface area contributed by atoms with Gasteiger partial charge in [-0.1, -0.05) is 39.0 Å². The molecule has 0 fully saturated rings. The van der Waals surface area contributed by atoms with Gasteiger partial charge in [0.15, 0.2) is 11.5 Å². The predicted molar refractivity (Wildman–Crippen MR) is 101 cm³/mol. The van der Waals surface area contributed by atoms with E-state index < -0.39 is 41.6 Å². The lowest BCUT2D eigenvalue weighted by atomic mass is 9.81. The molecule has 0 spiro atoms. The highest BCUT2D eigenvalue weighted by Crippen LogP contribution is 2.27. The second kappa shape index (κ2) is 14.1. The summed E-state index contributed by atoms with van der Waals surface area (Å²) in [6, 6.07) is 0. The van der Waals surface area contributed by atoms with E-state index in [9.17, 15) is 24.3 Å². The van der Waals surface area contributed by atoms with E-state index in [0.29, 0.717) is 6.42 Å². The Morgan fingerprint density at radius 2 is 1.43 bits per heavy atom. The number of ether oxygens (including phenoxy) is 3. The van der Waals surface area contributed by atoms with Gasteiger partial charge in [-0.25, -0.2) is 4.79 Å². The number of hydrogen-bond donors (Lipinski definition) is 1. The van der Waals surface area contributed by atoms with Gasteiger partial charge >= 0.3 is 17.9 Å². The Balaban J connectivity index is 5.03. The number of ketones is 1. The van der Waals surface area contributed by atoms with Crippen LogP contribution in [0.5, 0.6) is 0 Å². The zero-order valence-corrected chi connectivity index (χ0v) is 17.5. The molecule has 2 atom stereocenters. The number of hydrogen-bond acceptors (Lipinski definition) is 8.